The van der Waals surface area contributed by atoms with Gasteiger partial charge < -0.3 is 14.6 Å². The highest BCUT2D eigenvalue weighted by atomic mass is 79.9. The topological polar surface area (TPSA) is 45.6 Å². The normalized spacial score (nSPS) is 23.8. The molecule has 3 rings (SSSR count). The largest absolute Gasteiger partial charge is 0.481 e. The summed E-state index contributed by atoms with van der Waals surface area (Å²) in [6, 6.07) is 1.89. The minimum Gasteiger partial charge on any atom is -0.481 e. The molecule has 0 amide bonds. The van der Waals surface area contributed by atoms with Crippen molar-refractivity contribution in [2.45, 2.75) is 19.3 Å². The van der Waals surface area contributed by atoms with Crippen molar-refractivity contribution in [3.8, 4) is 0 Å². The van der Waals surface area contributed by atoms with Gasteiger partial charge in [-0.25, -0.2) is 4.48 Å². The number of methoxy groups -OCH3 is 1. The van der Waals surface area contributed by atoms with Crippen molar-refractivity contribution in [3.05, 3.63) is 38.7 Å². The Labute approximate surface area is 175 Å². The Morgan fingerprint density at radius 3 is 2.61 bits per heavy atom. The van der Waals surface area contributed by atoms with Crippen LogP contribution in [0.15, 0.2) is 22.6 Å². The lowest BCUT2D eigenvalue weighted by Crippen LogP contribution is -2.54. The molecule has 0 radical (unpaired) electrons. The predicted molar refractivity (Wildman–Crippen MR) is 112 cm³/mol. The summed E-state index contributed by atoms with van der Waals surface area (Å²) < 4.78 is 16.9. The number of likely N-dealkylation sites (N-methyl/N-ethyl adjacent to an activating group) is 1. The van der Waals surface area contributed by atoms with Crippen molar-refractivity contribution < 1.29 is 28.2 Å². The highest BCUT2D eigenvalue weighted by molar-refractivity contribution is 9.10. The molecule has 0 spiro atoms. The number of quaternary nitrogens is 1. The average molecular weight is 453 g/mol. The first kappa shape index (κ1) is 21.0. The van der Waals surface area contributed by atoms with Crippen molar-refractivity contribution in [2.75, 3.05) is 47.5 Å². The van der Waals surface area contributed by atoms with Gasteiger partial charge in [-0.1, -0.05) is 6.08 Å². The number of halogens is 1. The second kappa shape index (κ2) is 8.35. The van der Waals surface area contributed by atoms with Gasteiger partial charge in [0.1, 0.15) is 33.1 Å². The molecule has 1 fully saturated rings. The number of aliphatic hydroxyl groups excluding tert-OH is 1. The third-order valence-corrected chi connectivity index (χ3v) is 6.67. The molecule has 6 nitrogen and oxygen atoms in total. The van der Waals surface area contributed by atoms with E-state index in [4.69, 9.17) is 9.47 Å². The second-order valence-electron chi connectivity index (χ2n) is 7.66. The standard InChI is InChI=1S/C21H30BrN3O3/c1-6-16-17(21(26)27-5)13-18(22)24(3)20(16)15-7-8-19(23(2)14-15)25(4)9-11-28-12-10-25/h6,8,13-15H,7,9-12H2,1-5H3/q+2/p+1. The zero-order valence-electron chi connectivity index (χ0n) is 17.4. The average Bonchev–Trinajstić information content (AvgIpc) is 2.69. The lowest BCUT2D eigenvalue weighted by atomic mass is 9.96. The highest BCUT2D eigenvalue weighted by Gasteiger charge is 2.40. The minimum atomic E-state index is -0.0672. The first-order valence-electron chi connectivity index (χ1n) is 9.65. The van der Waals surface area contributed by atoms with Crippen LogP contribution in [-0.2, 0) is 16.5 Å². The molecule has 0 aromatic carbocycles. The van der Waals surface area contributed by atoms with Crippen LogP contribution in [0.25, 0.3) is 12.0 Å². The third kappa shape index (κ3) is 3.75. The molecule has 2 aliphatic heterocycles. The monoisotopic (exact) mass is 452 g/mol. The molecule has 1 saturated heterocycles. The predicted octanol–water partition coefficient (Wildman–Crippen LogP) is 0.863. The van der Waals surface area contributed by atoms with E-state index in [2.05, 4.69) is 51.5 Å². The van der Waals surface area contributed by atoms with Crippen molar-refractivity contribution >= 4 is 34.2 Å². The molecule has 28 heavy (non-hydrogen) atoms. The molecule has 1 atom stereocenters. The van der Waals surface area contributed by atoms with E-state index < -0.39 is 0 Å². The lowest BCUT2D eigenvalue weighted by molar-refractivity contribution is -0.933. The van der Waals surface area contributed by atoms with Gasteiger partial charge in [-0.2, -0.15) is 9.14 Å². The molecule has 0 bridgehead atoms. The van der Waals surface area contributed by atoms with E-state index in [0.717, 1.165) is 52.7 Å². The molecule has 0 saturated carbocycles. The van der Waals surface area contributed by atoms with E-state index in [9.17, 15) is 5.11 Å². The summed E-state index contributed by atoms with van der Waals surface area (Å²) in [4.78, 5) is 0. The molecule has 0 aliphatic carbocycles. The number of hydrogen-bond acceptors (Lipinski definition) is 3. The van der Waals surface area contributed by atoms with Crippen molar-refractivity contribution in [1.29, 1.82) is 0 Å². The van der Waals surface area contributed by atoms with E-state index in [1.807, 2.05) is 26.1 Å². The fourth-order valence-corrected chi connectivity index (χ4v) is 4.73. The fourth-order valence-electron chi connectivity index (χ4n) is 4.31. The zero-order chi connectivity index (χ0) is 20.5. The number of allylic oxidation sites excluding steroid dienone is 1. The van der Waals surface area contributed by atoms with Crippen molar-refractivity contribution in [2.24, 2.45) is 7.05 Å². The van der Waals surface area contributed by atoms with Gasteiger partial charge in [0, 0.05) is 28.1 Å². The van der Waals surface area contributed by atoms with Gasteiger partial charge in [0.15, 0.2) is 6.21 Å². The maximum absolute atomic E-state index is 10.3. The molecule has 1 unspecified atom stereocenters. The van der Waals surface area contributed by atoms with Crippen LogP contribution in [0.5, 0.6) is 0 Å². The molecule has 3 heterocycles. The van der Waals surface area contributed by atoms with Crippen LogP contribution in [0.4, 0.5) is 0 Å². The first-order valence-corrected chi connectivity index (χ1v) is 10.4. The van der Waals surface area contributed by atoms with Gasteiger partial charge >= 0.3 is 5.82 Å². The lowest BCUT2D eigenvalue weighted by Gasteiger charge is -2.35. The Balaban J connectivity index is 2.09. The van der Waals surface area contributed by atoms with E-state index in [-0.39, 0.29) is 11.9 Å². The summed E-state index contributed by atoms with van der Waals surface area (Å²) in [7, 11) is 7.94. The Morgan fingerprint density at radius 1 is 1.36 bits per heavy atom. The quantitative estimate of drug-likeness (QED) is 0.420. The number of rotatable bonds is 3. The molecule has 7 heteroatoms. The van der Waals surface area contributed by atoms with E-state index in [0.29, 0.717) is 5.22 Å². The molecular weight excluding hydrogens is 422 g/mol. The number of aromatic nitrogens is 1. The summed E-state index contributed by atoms with van der Waals surface area (Å²) in [5, 5.41) is 12.0. The van der Waals surface area contributed by atoms with Crippen LogP contribution < -0.4 is 15.0 Å². The van der Waals surface area contributed by atoms with Crippen LogP contribution in [0.3, 0.4) is 0 Å². The summed E-state index contributed by atoms with van der Waals surface area (Å²) >= 11 is 3.63. The summed E-state index contributed by atoms with van der Waals surface area (Å²) in [5.41, 5.74) is 1.14. The van der Waals surface area contributed by atoms with Crippen LogP contribution in [0.1, 0.15) is 25.0 Å². The molecule has 1 N–H and O–H groups in total. The van der Waals surface area contributed by atoms with Gasteiger partial charge in [-0.15, -0.1) is 0 Å². The Kier molecular flexibility index (Phi) is 6.27. The summed E-state index contributed by atoms with van der Waals surface area (Å²) in [6.45, 7) is 5.58. The minimum absolute atomic E-state index is 0.0672. The molecule has 1 aromatic heterocycles. The number of hydrogen-bond donors (Lipinski definition) is 1. The Morgan fingerprint density at radius 2 is 2.04 bits per heavy atom. The maximum atomic E-state index is 10.3. The first-order chi connectivity index (χ1) is 13.3. The van der Waals surface area contributed by atoms with Gasteiger partial charge in [-0.3, -0.25) is 0 Å². The number of ether oxygens (including phenoxy) is 2. The van der Waals surface area contributed by atoms with Gasteiger partial charge in [0.05, 0.1) is 37.8 Å². The molecule has 2 aliphatic rings. The smallest absolute Gasteiger partial charge is 0.364 e. The van der Waals surface area contributed by atoms with Crippen molar-refractivity contribution in [3.63, 3.8) is 0 Å². The van der Waals surface area contributed by atoms with Gasteiger partial charge in [0.2, 0.25) is 10.3 Å². The van der Waals surface area contributed by atoms with Crippen LogP contribution >= 0.6 is 15.9 Å². The zero-order valence-corrected chi connectivity index (χ0v) is 19.0. The van der Waals surface area contributed by atoms with E-state index >= 15 is 0 Å². The fraction of sp³-hybridized carbons (Fsp3) is 0.524. The third-order valence-electron chi connectivity index (χ3n) is 5.91. The summed E-state index contributed by atoms with van der Waals surface area (Å²) in [6.07, 6.45) is 7.59. The number of morpholine rings is 1. The number of pyridine rings is 1. The van der Waals surface area contributed by atoms with Crippen LogP contribution in [-0.4, -0.2) is 67.9 Å². The van der Waals surface area contributed by atoms with Crippen LogP contribution in [0.2, 0.25) is 0 Å². The summed E-state index contributed by atoms with van der Waals surface area (Å²) in [5.74, 6) is 1.45. The van der Waals surface area contributed by atoms with Crippen molar-refractivity contribution in [1.82, 2.24) is 0 Å². The van der Waals surface area contributed by atoms with E-state index in [1.165, 1.54) is 12.9 Å². The Hall–Kier alpha value is -1.70. The Bertz CT molecular complexity index is 947. The number of nitrogens with zero attached hydrogens (tertiary/aromatic N) is 3. The van der Waals surface area contributed by atoms with Gasteiger partial charge in [0.25, 0.3) is 5.95 Å². The van der Waals surface area contributed by atoms with Gasteiger partial charge in [-0.05, 0) is 13.3 Å². The maximum Gasteiger partial charge on any atom is 0.364 e. The molecule has 1 aromatic rings. The van der Waals surface area contributed by atoms with E-state index in [1.54, 1.807) is 0 Å². The van der Waals surface area contributed by atoms with Crippen LogP contribution in [0, 0.1) is 0 Å². The highest BCUT2D eigenvalue weighted by Crippen LogP contribution is 2.25. The molecular formula is C21H31BrN3O3+3. The second-order valence-corrected chi connectivity index (χ2v) is 8.47. The molecule has 152 valence electrons. The SMILES string of the molecule is CC=c1c(C2C=[N+](C)C([N+]3(C)CCOCC3)=CC2)[n+](C)c(Br)cc1=C(O)OC. The number of aliphatic hydroxyl groups is 1.